The quantitative estimate of drug-likeness (QED) is 0.670. The van der Waals surface area contributed by atoms with Crippen LogP contribution in [0.25, 0.3) is 0 Å². The van der Waals surface area contributed by atoms with Gasteiger partial charge < -0.3 is 4.90 Å². The molecule has 0 saturated carbocycles. The zero-order valence-electron chi connectivity index (χ0n) is 7.90. The molecule has 0 amide bonds. The summed E-state index contributed by atoms with van der Waals surface area (Å²) in [6.07, 6.45) is 1.29. The highest BCUT2D eigenvalue weighted by Crippen LogP contribution is 2.26. The average molecular weight is 193 g/mol. The molecule has 0 aliphatic carbocycles. The molecule has 0 radical (unpaired) electrons. The fourth-order valence-electron chi connectivity index (χ4n) is 1.95. The predicted molar refractivity (Wildman–Crippen MR) is 58.5 cm³/mol. The number of hydrogen-bond acceptors (Lipinski definition) is 2. The molecule has 1 heterocycles. The van der Waals surface area contributed by atoms with E-state index in [1.54, 1.807) is 0 Å². The molecule has 1 unspecified atom stereocenters. The van der Waals surface area contributed by atoms with E-state index >= 15 is 0 Å². The summed E-state index contributed by atoms with van der Waals surface area (Å²) in [5.74, 6) is 0.735. The van der Waals surface area contributed by atoms with Crippen LogP contribution in [-0.2, 0) is 0 Å². The highest BCUT2D eigenvalue weighted by atomic mass is 32.1. The molecular weight excluding hydrogens is 178 g/mol. The first-order valence-corrected chi connectivity index (χ1v) is 5.18. The molecule has 1 atom stereocenters. The molecule has 0 spiro atoms. The molecule has 1 aromatic rings. The van der Waals surface area contributed by atoms with Crippen LogP contribution in [0.4, 0.5) is 0 Å². The number of benzene rings is 1. The highest BCUT2D eigenvalue weighted by molar-refractivity contribution is 7.80. The molecule has 0 aromatic heterocycles. The molecular formula is C11H15NS. The lowest BCUT2D eigenvalue weighted by atomic mass is 9.99. The van der Waals surface area contributed by atoms with Crippen molar-refractivity contribution < 1.29 is 0 Å². The lowest BCUT2D eigenvalue weighted by molar-refractivity contribution is 0.411. The van der Waals surface area contributed by atoms with Gasteiger partial charge in [-0.05, 0) is 43.6 Å². The Hall–Kier alpha value is -0.470. The Morgan fingerprint density at radius 2 is 2.00 bits per heavy atom. The zero-order chi connectivity index (χ0) is 9.26. The molecule has 0 bridgehead atoms. The van der Waals surface area contributed by atoms with Gasteiger partial charge in [0.1, 0.15) is 0 Å². The van der Waals surface area contributed by atoms with Crippen molar-refractivity contribution in [1.29, 1.82) is 0 Å². The van der Waals surface area contributed by atoms with Crippen molar-refractivity contribution >= 4 is 12.6 Å². The van der Waals surface area contributed by atoms with E-state index in [9.17, 15) is 0 Å². The largest absolute Gasteiger partial charge is 0.306 e. The van der Waals surface area contributed by atoms with Gasteiger partial charge in [-0.25, -0.2) is 0 Å². The number of thiol groups is 1. The summed E-state index contributed by atoms with van der Waals surface area (Å²) in [7, 11) is 2.19. The summed E-state index contributed by atoms with van der Waals surface area (Å²) in [5.41, 5.74) is 1.46. The van der Waals surface area contributed by atoms with E-state index in [0.717, 1.165) is 10.8 Å². The van der Waals surface area contributed by atoms with E-state index in [0.29, 0.717) is 0 Å². The predicted octanol–water partition coefficient (Wildman–Crippen LogP) is 2.39. The molecule has 70 valence electrons. The Labute approximate surface area is 85.2 Å². The third-order valence-corrected chi connectivity index (χ3v) is 3.05. The van der Waals surface area contributed by atoms with E-state index in [1.807, 2.05) is 0 Å². The van der Waals surface area contributed by atoms with Gasteiger partial charge >= 0.3 is 0 Å². The first-order chi connectivity index (χ1) is 6.25. The molecule has 2 heteroatoms. The van der Waals surface area contributed by atoms with Gasteiger partial charge in [0, 0.05) is 11.4 Å². The van der Waals surface area contributed by atoms with Crippen molar-refractivity contribution in [3.63, 3.8) is 0 Å². The van der Waals surface area contributed by atoms with Crippen molar-refractivity contribution in [3.8, 4) is 0 Å². The van der Waals surface area contributed by atoms with E-state index in [-0.39, 0.29) is 0 Å². The fraction of sp³-hybridized carbons (Fsp3) is 0.455. The molecule has 0 N–H and O–H groups in total. The third-order valence-electron chi connectivity index (χ3n) is 2.76. The van der Waals surface area contributed by atoms with E-state index in [4.69, 9.17) is 0 Å². The first-order valence-electron chi connectivity index (χ1n) is 4.73. The Morgan fingerprint density at radius 1 is 1.31 bits per heavy atom. The monoisotopic (exact) mass is 193 g/mol. The molecule has 1 fully saturated rings. The normalized spacial score (nSPS) is 23.7. The summed E-state index contributed by atoms with van der Waals surface area (Å²) >= 11 is 4.28. The van der Waals surface area contributed by atoms with Gasteiger partial charge in [-0.2, -0.15) is 0 Å². The van der Waals surface area contributed by atoms with Crippen LogP contribution in [0.3, 0.4) is 0 Å². The van der Waals surface area contributed by atoms with Crippen molar-refractivity contribution in [1.82, 2.24) is 4.90 Å². The van der Waals surface area contributed by atoms with Crippen LogP contribution >= 0.6 is 12.6 Å². The van der Waals surface area contributed by atoms with Gasteiger partial charge in [-0.15, -0.1) is 12.6 Å². The van der Waals surface area contributed by atoms with E-state index < -0.39 is 0 Å². The van der Waals surface area contributed by atoms with Gasteiger partial charge in [-0.1, -0.05) is 12.1 Å². The van der Waals surface area contributed by atoms with Gasteiger partial charge in [0.2, 0.25) is 0 Å². The van der Waals surface area contributed by atoms with Gasteiger partial charge in [0.15, 0.2) is 0 Å². The van der Waals surface area contributed by atoms with Crippen LogP contribution in [0, 0.1) is 0 Å². The fourth-order valence-corrected chi connectivity index (χ4v) is 2.10. The number of likely N-dealkylation sites (N-methyl/N-ethyl adjacent to an activating group) is 1. The lowest BCUT2D eigenvalue weighted by Crippen LogP contribution is -2.13. The summed E-state index contributed by atoms with van der Waals surface area (Å²) in [6, 6.07) is 8.56. The average Bonchev–Trinajstić information content (AvgIpc) is 2.53. The minimum absolute atomic E-state index is 0.735. The van der Waals surface area contributed by atoms with E-state index in [2.05, 4.69) is 48.8 Å². The Kier molecular flexibility index (Phi) is 2.61. The van der Waals surface area contributed by atoms with Crippen LogP contribution < -0.4 is 0 Å². The SMILES string of the molecule is CN1CCC(c2ccc(S)cc2)C1. The van der Waals surface area contributed by atoms with Gasteiger partial charge in [-0.3, -0.25) is 0 Å². The van der Waals surface area contributed by atoms with Crippen LogP contribution in [0.1, 0.15) is 17.9 Å². The van der Waals surface area contributed by atoms with E-state index in [1.165, 1.54) is 25.1 Å². The smallest absolute Gasteiger partial charge is 0.00477 e. The lowest BCUT2D eigenvalue weighted by Gasteiger charge is -2.10. The molecule has 1 aromatic carbocycles. The third kappa shape index (κ3) is 2.06. The Balaban J connectivity index is 2.13. The minimum Gasteiger partial charge on any atom is -0.306 e. The first kappa shape index (κ1) is 9.10. The molecule has 1 nitrogen and oxygen atoms in total. The number of hydrogen-bond donors (Lipinski definition) is 1. The number of rotatable bonds is 1. The highest BCUT2D eigenvalue weighted by Gasteiger charge is 2.20. The van der Waals surface area contributed by atoms with Crippen molar-refractivity contribution in [2.45, 2.75) is 17.2 Å². The van der Waals surface area contributed by atoms with Crippen molar-refractivity contribution in [2.24, 2.45) is 0 Å². The molecule has 13 heavy (non-hydrogen) atoms. The maximum atomic E-state index is 4.28. The maximum Gasteiger partial charge on any atom is 0.00477 e. The Morgan fingerprint density at radius 3 is 2.54 bits per heavy atom. The van der Waals surface area contributed by atoms with Crippen molar-refractivity contribution in [2.75, 3.05) is 20.1 Å². The summed E-state index contributed by atoms with van der Waals surface area (Å²) in [4.78, 5) is 3.44. The second-order valence-corrected chi connectivity index (χ2v) is 4.36. The van der Waals surface area contributed by atoms with Gasteiger partial charge in [0.25, 0.3) is 0 Å². The maximum absolute atomic E-state index is 4.28. The standard InChI is InChI=1S/C11H15NS/c1-12-7-6-10(8-12)9-2-4-11(13)5-3-9/h2-5,10,13H,6-8H2,1H3. The second kappa shape index (κ2) is 3.72. The van der Waals surface area contributed by atoms with Crippen LogP contribution in [0.5, 0.6) is 0 Å². The zero-order valence-corrected chi connectivity index (χ0v) is 8.80. The summed E-state index contributed by atoms with van der Waals surface area (Å²) in [6.45, 7) is 2.43. The molecule has 2 rings (SSSR count). The molecule has 1 aliphatic heterocycles. The van der Waals surface area contributed by atoms with Crippen LogP contribution in [0.15, 0.2) is 29.2 Å². The van der Waals surface area contributed by atoms with Crippen LogP contribution in [-0.4, -0.2) is 25.0 Å². The molecule has 1 aliphatic rings. The summed E-state index contributed by atoms with van der Waals surface area (Å²) in [5, 5.41) is 0. The Bertz CT molecular complexity index is 281. The van der Waals surface area contributed by atoms with Crippen molar-refractivity contribution in [3.05, 3.63) is 29.8 Å². The molecule has 1 saturated heterocycles. The summed E-state index contributed by atoms with van der Waals surface area (Å²) < 4.78 is 0. The van der Waals surface area contributed by atoms with Crippen LogP contribution in [0.2, 0.25) is 0 Å². The minimum atomic E-state index is 0.735. The topological polar surface area (TPSA) is 3.24 Å². The number of likely N-dealkylation sites (tertiary alicyclic amines) is 1. The second-order valence-electron chi connectivity index (χ2n) is 3.84. The number of nitrogens with zero attached hydrogens (tertiary/aromatic N) is 1. The van der Waals surface area contributed by atoms with Gasteiger partial charge in [0.05, 0.1) is 0 Å².